The Kier molecular flexibility index (Phi) is 5.23. The summed E-state index contributed by atoms with van der Waals surface area (Å²) >= 11 is 0. The second-order valence-electron chi connectivity index (χ2n) is 5.72. The molecule has 1 atom stereocenters. The van der Waals surface area contributed by atoms with Gasteiger partial charge in [-0.2, -0.15) is 0 Å². The number of hydrogen-bond donors (Lipinski definition) is 2. The Morgan fingerprint density at radius 2 is 1.74 bits per heavy atom. The van der Waals surface area contributed by atoms with Gasteiger partial charge in [0.25, 0.3) is 0 Å². The number of carboxylic acids is 2. The summed E-state index contributed by atoms with van der Waals surface area (Å²) in [5.74, 6) is -4.39. The van der Waals surface area contributed by atoms with Gasteiger partial charge in [0, 0.05) is 13.1 Å². The van der Waals surface area contributed by atoms with Crippen molar-refractivity contribution in [1.82, 2.24) is 4.90 Å². The van der Waals surface area contributed by atoms with Crippen LogP contribution in [-0.4, -0.2) is 83.7 Å². The minimum absolute atomic E-state index is 0.0947. The number of epoxide rings is 1. The van der Waals surface area contributed by atoms with Crippen molar-refractivity contribution in [3.05, 3.63) is 0 Å². The summed E-state index contributed by atoms with van der Waals surface area (Å²) in [6.07, 6.45) is 1.42. The van der Waals surface area contributed by atoms with Crippen LogP contribution in [0.25, 0.3) is 0 Å². The lowest BCUT2D eigenvalue weighted by molar-refractivity contribution is -0.158. The molecule has 2 saturated heterocycles. The van der Waals surface area contributed by atoms with Crippen LogP contribution in [0.4, 0.5) is 0 Å². The van der Waals surface area contributed by atoms with Gasteiger partial charge in [-0.3, -0.25) is 4.90 Å². The van der Waals surface area contributed by atoms with Gasteiger partial charge in [-0.25, -0.2) is 14.4 Å². The predicted octanol–water partition coefficient (Wildman–Crippen LogP) is -0.661. The monoisotopic (exact) mass is 331 g/mol. The van der Waals surface area contributed by atoms with Gasteiger partial charge < -0.3 is 24.4 Å². The molecule has 1 unspecified atom stereocenters. The van der Waals surface area contributed by atoms with Gasteiger partial charge in [0.2, 0.25) is 5.60 Å². The molecule has 0 spiro atoms. The third-order valence-corrected chi connectivity index (χ3v) is 4.18. The van der Waals surface area contributed by atoms with Crippen molar-refractivity contribution in [3.63, 3.8) is 0 Å². The van der Waals surface area contributed by atoms with Crippen molar-refractivity contribution < 1.29 is 38.8 Å². The number of hydrogen-bond acceptors (Lipinski definition) is 7. The Morgan fingerprint density at radius 3 is 2.26 bits per heavy atom. The van der Waals surface area contributed by atoms with E-state index < -0.39 is 29.1 Å². The molecule has 2 aliphatic rings. The number of unbranched alkanes of at least 4 members (excludes halogenated alkanes) is 1. The largest absolute Gasteiger partial charge is 0.479 e. The summed E-state index contributed by atoms with van der Waals surface area (Å²) in [5.41, 5.74) is -4.52. The number of rotatable bonds is 8. The van der Waals surface area contributed by atoms with Gasteiger partial charge >= 0.3 is 23.5 Å². The average molecular weight is 331 g/mol. The van der Waals surface area contributed by atoms with Gasteiger partial charge in [-0.05, 0) is 26.3 Å². The van der Waals surface area contributed by atoms with Crippen molar-refractivity contribution in [3.8, 4) is 0 Å². The third kappa shape index (κ3) is 3.31. The quantitative estimate of drug-likeness (QED) is 0.258. The van der Waals surface area contributed by atoms with Crippen LogP contribution in [0.3, 0.4) is 0 Å². The van der Waals surface area contributed by atoms with Crippen LogP contribution in [0.2, 0.25) is 0 Å². The maximum absolute atomic E-state index is 11.9. The van der Waals surface area contributed by atoms with Crippen LogP contribution in [0.15, 0.2) is 0 Å². The summed E-state index contributed by atoms with van der Waals surface area (Å²) in [5, 5.41) is 18.0. The zero-order valence-corrected chi connectivity index (χ0v) is 12.9. The van der Waals surface area contributed by atoms with Gasteiger partial charge in [0.15, 0.2) is 0 Å². The summed E-state index contributed by atoms with van der Waals surface area (Å²) < 4.78 is 15.0. The van der Waals surface area contributed by atoms with Crippen LogP contribution in [-0.2, 0) is 28.6 Å². The Hall–Kier alpha value is -1.71. The molecule has 9 heteroatoms. The number of carbonyl (C=O) groups is 3. The van der Waals surface area contributed by atoms with Crippen LogP contribution in [0, 0.1) is 0 Å². The van der Waals surface area contributed by atoms with Gasteiger partial charge in [-0.15, -0.1) is 0 Å². The molecule has 9 nitrogen and oxygen atoms in total. The molecule has 23 heavy (non-hydrogen) atoms. The van der Waals surface area contributed by atoms with E-state index in [2.05, 4.69) is 4.90 Å². The van der Waals surface area contributed by atoms with E-state index in [-0.39, 0.29) is 6.61 Å². The van der Waals surface area contributed by atoms with Crippen LogP contribution >= 0.6 is 0 Å². The van der Waals surface area contributed by atoms with E-state index in [0.29, 0.717) is 6.42 Å². The highest BCUT2D eigenvalue weighted by Crippen LogP contribution is 2.49. The number of carboxylic acid groups (broad SMARTS) is 2. The Labute approximate surface area is 133 Å². The molecule has 0 aromatic carbocycles. The summed E-state index contributed by atoms with van der Waals surface area (Å²) in [4.78, 5) is 36.3. The fraction of sp³-hybridized carbons (Fsp3) is 0.786. The minimum Gasteiger partial charge on any atom is -0.479 e. The number of esters is 1. The van der Waals surface area contributed by atoms with E-state index >= 15 is 0 Å². The second-order valence-corrected chi connectivity index (χ2v) is 5.72. The third-order valence-electron chi connectivity index (χ3n) is 4.18. The standard InChI is InChI=1S/C14H21NO8/c1-13(14(23-13,10(16)17)11(18)19)12(20)22-7-3-2-4-15-5-8-21-9-6-15/h2-9H2,1H3,(H,16,17)(H,18,19). The van der Waals surface area contributed by atoms with Crippen molar-refractivity contribution in [1.29, 1.82) is 0 Å². The molecule has 0 aromatic heterocycles. The first-order valence-corrected chi connectivity index (χ1v) is 7.49. The van der Waals surface area contributed by atoms with Crippen molar-refractivity contribution in [2.45, 2.75) is 31.0 Å². The maximum atomic E-state index is 11.9. The van der Waals surface area contributed by atoms with E-state index in [1.165, 1.54) is 0 Å². The van der Waals surface area contributed by atoms with Crippen molar-refractivity contribution >= 4 is 17.9 Å². The molecule has 0 amide bonds. The summed E-state index contributed by atoms with van der Waals surface area (Å²) in [6.45, 7) is 5.27. The normalized spacial score (nSPS) is 26.5. The molecule has 2 rings (SSSR count). The lowest BCUT2D eigenvalue weighted by Crippen LogP contribution is -2.44. The molecule has 2 N–H and O–H groups in total. The molecular weight excluding hydrogens is 310 g/mol. The maximum Gasteiger partial charge on any atom is 0.351 e. The van der Waals surface area contributed by atoms with Gasteiger partial charge in [-0.1, -0.05) is 0 Å². The zero-order valence-electron chi connectivity index (χ0n) is 12.9. The van der Waals surface area contributed by atoms with Crippen molar-refractivity contribution in [2.75, 3.05) is 39.5 Å². The number of ether oxygens (including phenoxy) is 3. The zero-order chi connectivity index (χ0) is 17.1. The van der Waals surface area contributed by atoms with Crippen molar-refractivity contribution in [2.24, 2.45) is 0 Å². The SMILES string of the molecule is CC1(C(=O)OCCCCN2CCOCC2)OC1(C(=O)O)C(=O)O. The Morgan fingerprint density at radius 1 is 1.13 bits per heavy atom. The smallest absolute Gasteiger partial charge is 0.351 e. The van der Waals surface area contributed by atoms with E-state index in [1.54, 1.807) is 0 Å². The molecule has 0 bridgehead atoms. The van der Waals surface area contributed by atoms with E-state index in [1.807, 2.05) is 0 Å². The predicted molar refractivity (Wildman–Crippen MR) is 74.9 cm³/mol. The number of carbonyl (C=O) groups excluding carboxylic acids is 1. The minimum atomic E-state index is -2.54. The molecule has 2 heterocycles. The molecule has 0 radical (unpaired) electrons. The second kappa shape index (κ2) is 6.81. The van der Waals surface area contributed by atoms with E-state index in [4.69, 9.17) is 24.4 Å². The fourth-order valence-electron chi connectivity index (χ4n) is 2.62. The topological polar surface area (TPSA) is 126 Å². The molecule has 0 aliphatic carbocycles. The van der Waals surface area contributed by atoms with Gasteiger partial charge in [0.1, 0.15) is 0 Å². The lowest BCUT2D eigenvalue weighted by Gasteiger charge is -2.26. The number of aliphatic carboxylic acids is 2. The van der Waals surface area contributed by atoms with E-state index in [9.17, 15) is 14.4 Å². The number of morpholine rings is 1. The Balaban J connectivity index is 1.71. The Bertz CT molecular complexity index is 473. The molecule has 0 aromatic rings. The first-order valence-electron chi connectivity index (χ1n) is 7.49. The highest BCUT2D eigenvalue weighted by molar-refractivity contribution is 6.13. The summed E-state index contributed by atoms with van der Waals surface area (Å²) in [7, 11) is 0. The van der Waals surface area contributed by atoms with Gasteiger partial charge in [0.05, 0.1) is 19.8 Å². The first kappa shape index (κ1) is 17.6. The highest BCUT2D eigenvalue weighted by atomic mass is 16.7. The molecule has 2 fully saturated rings. The molecule has 2 aliphatic heterocycles. The lowest BCUT2D eigenvalue weighted by atomic mass is 9.94. The molecule has 0 saturated carbocycles. The van der Waals surface area contributed by atoms with Crippen LogP contribution in [0.5, 0.6) is 0 Å². The highest BCUT2D eigenvalue weighted by Gasteiger charge is 2.83. The van der Waals surface area contributed by atoms with E-state index in [0.717, 1.165) is 46.2 Å². The van der Waals surface area contributed by atoms with Crippen LogP contribution in [0.1, 0.15) is 19.8 Å². The first-order chi connectivity index (χ1) is 10.8. The molecular formula is C14H21NO8. The molecule has 130 valence electrons. The average Bonchev–Trinajstić information content (AvgIpc) is 3.17. The van der Waals surface area contributed by atoms with Crippen LogP contribution < -0.4 is 0 Å². The number of nitrogens with zero attached hydrogens (tertiary/aromatic N) is 1. The summed E-state index contributed by atoms with van der Waals surface area (Å²) in [6, 6.07) is 0. The fourth-order valence-corrected chi connectivity index (χ4v) is 2.62.